The van der Waals surface area contributed by atoms with E-state index >= 15 is 0 Å². The third-order valence-electron chi connectivity index (χ3n) is 9.33. The van der Waals surface area contributed by atoms with Gasteiger partial charge in [0.25, 0.3) is 0 Å². The zero-order chi connectivity index (χ0) is 28.4. The molecule has 4 aliphatic rings. The quantitative estimate of drug-likeness (QED) is 0.344. The molecule has 42 heavy (non-hydrogen) atoms. The molecule has 0 radical (unpaired) electrons. The van der Waals surface area contributed by atoms with E-state index in [9.17, 15) is 0 Å². The lowest BCUT2D eigenvalue weighted by Crippen LogP contribution is -2.39. The summed E-state index contributed by atoms with van der Waals surface area (Å²) in [5.41, 5.74) is 8.49. The second kappa shape index (κ2) is 9.42. The first-order valence-corrected chi connectivity index (χ1v) is 14.8. The third kappa shape index (κ3) is 3.75. The van der Waals surface area contributed by atoms with E-state index in [0.29, 0.717) is 12.5 Å². The lowest BCUT2D eigenvalue weighted by atomic mass is 9.66. The molecule has 4 heteroatoms. The molecule has 0 saturated heterocycles. The summed E-state index contributed by atoms with van der Waals surface area (Å²) >= 11 is 0. The molecule has 0 spiro atoms. The van der Waals surface area contributed by atoms with Crippen molar-refractivity contribution >= 4 is 34.7 Å². The Kier molecular flexibility index (Phi) is 5.62. The van der Waals surface area contributed by atoms with Crippen molar-refractivity contribution in [3.05, 3.63) is 135 Å². The van der Waals surface area contributed by atoms with Crippen LogP contribution in [0.4, 0.5) is 5.69 Å². The number of nitrogens with one attached hydrogen (secondary N) is 1. The zero-order valence-corrected chi connectivity index (χ0v) is 24.3. The van der Waals surface area contributed by atoms with Gasteiger partial charge < -0.3 is 19.7 Å². The Labute approximate surface area is 246 Å². The molecule has 0 amide bonds. The molecular weight excluding hydrogens is 516 g/mol. The average Bonchev–Trinajstić information content (AvgIpc) is 3.03. The van der Waals surface area contributed by atoms with E-state index in [1.807, 2.05) is 6.20 Å². The molecule has 0 bridgehead atoms. The van der Waals surface area contributed by atoms with Gasteiger partial charge in [0, 0.05) is 54.3 Å². The minimum absolute atomic E-state index is 0.299. The number of nitrogens with zero attached hydrogens (tertiary/aromatic N) is 1. The van der Waals surface area contributed by atoms with Crippen molar-refractivity contribution in [2.45, 2.75) is 25.2 Å². The van der Waals surface area contributed by atoms with Gasteiger partial charge in [0.2, 0.25) is 0 Å². The van der Waals surface area contributed by atoms with Crippen LogP contribution in [0.25, 0.3) is 29.0 Å². The van der Waals surface area contributed by atoms with Crippen molar-refractivity contribution in [2.24, 2.45) is 5.92 Å². The van der Waals surface area contributed by atoms with E-state index in [0.717, 1.165) is 30.0 Å². The van der Waals surface area contributed by atoms with Gasteiger partial charge >= 0.3 is 0 Å². The van der Waals surface area contributed by atoms with Gasteiger partial charge in [-0.05, 0) is 63.1 Å². The second-order valence-corrected chi connectivity index (χ2v) is 12.2. The minimum Gasteiger partial charge on any atom is -0.492 e. The Hall–Kier alpha value is -4.70. The van der Waals surface area contributed by atoms with E-state index in [4.69, 9.17) is 9.47 Å². The number of allylic oxidation sites excluding steroid dienone is 3. The Morgan fingerprint density at radius 2 is 1.71 bits per heavy atom. The Bertz CT molecular complexity index is 1970. The molecule has 2 atom stereocenters. The van der Waals surface area contributed by atoms with Crippen LogP contribution in [0.1, 0.15) is 34.7 Å². The number of ether oxygens (including phenoxy) is 2. The van der Waals surface area contributed by atoms with Crippen molar-refractivity contribution in [3.63, 3.8) is 0 Å². The molecule has 2 aliphatic carbocycles. The number of rotatable bonds is 3. The highest BCUT2D eigenvalue weighted by molar-refractivity contribution is 5.98. The maximum absolute atomic E-state index is 6.54. The lowest BCUT2D eigenvalue weighted by Gasteiger charge is -2.37. The van der Waals surface area contributed by atoms with Gasteiger partial charge in [0.1, 0.15) is 17.8 Å². The van der Waals surface area contributed by atoms with Crippen molar-refractivity contribution in [2.75, 3.05) is 25.6 Å². The molecule has 4 aromatic rings. The molecule has 0 aromatic heterocycles. The highest BCUT2D eigenvalue weighted by atomic mass is 16.5. The molecule has 0 saturated carbocycles. The number of fused-ring (bicyclic) bond motifs is 8. The normalized spacial score (nSPS) is 21.5. The van der Waals surface area contributed by atoms with Crippen LogP contribution in [0.5, 0.6) is 5.75 Å². The van der Waals surface area contributed by atoms with Crippen LogP contribution in [0.15, 0.2) is 96.7 Å². The molecule has 208 valence electrons. The van der Waals surface area contributed by atoms with E-state index in [2.05, 4.69) is 122 Å². The van der Waals surface area contributed by atoms with Crippen molar-refractivity contribution in [1.29, 1.82) is 0 Å². The second-order valence-electron chi connectivity index (χ2n) is 12.2. The summed E-state index contributed by atoms with van der Waals surface area (Å²) in [4.78, 5) is 2.16. The Balaban J connectivity index is 1.41. The third-order valence-corrected chi connectivity index (χ3v) is 9.33. The molecule has 2 heterocycles. The SMILES string of the molecule is CC1C=c2c(c3ccc4c(c3c3c2=CC2=C(C3)OC=CN2)CC(c2ccccc2)(c2ccc(N(C)C)cc2)C=C4)OC1. The van der Waals surface area contributed by atoms with Crippen LogP contribution in [-0.2, 0) is 23.0 Å². The fourth-order valence-corrected chi connectivity index (χ4v) is 7.20. The highest BCUT2D eigenvalue weighted by Crippen LogP contribution is 2.45. The van der Waals surface area contributed by atoms with Crippen molar-refractivity contribution in [1.82, 2.24) is 5.32 Å². The van der Waals surface area contributed by atoms with Crippen LogP contribution < -0.4 is 25.4 Å². The first kappa shape index (κ1) is 25.0. The molecule has 0 fully saturated rings. The number of hydrogen-bond acceptors (Lipinski definition) is 4. The maximum Gasteiger partial charge on any atom is 0.134 e. The average molecular weight is 551 g/mol. The number of benzene rings is 4. The summed E-state index contributed by atoms with van der Waals surface area (Å²) in [5.74, 6) is 2.33. The van der Waals surface area contributed by atoms with Gasteiger partial charge in [0.05, 0.1) is 12.3 Å². The smallest absolute Gasteiger partial charge is 0.134 e. The van der Waals surface area contributed by atoms with Gasteiger partial charge in [0.15, 0.2) is 0 Å². The molecule has 1 N–H and O–H groups in total. The standard InChI is InChI=1S/C38H34N2O2/c1-24-19-32-30-20-34-35(41-18-17-39-34)21-31(30)36-29(37(32)42-23-24)14-9-25-15-16-38(22-33(25)36,26-7-5-4-6-8-26)27-10-12-28(13-11-27)40(2)3/h4-20,24,39H,21-23H2,1-3H3. The molecule has 4 aromatic carbocycles. The van der Waals surface area contributed by atoms with E-state index < -0.39 is 0 Å². The first-order valence-electron chi connectivity index (χ1n) is 14.8. The Morgan fingerprint density at radius 1 is 0.905 bits per heavy atom. The number of anilines is 1. The number of hydrogen-bond donors (Lipinski definition) is 1. The van der Waals surface area contributed by atoms with E-state index in [-0.39, 0.29) is 5.41 Å². The van der Waals surface area contributed by atoms with Crippen LogP contribution in [0, 0.1) is 5.92 Å². The summed E-state index contributed by atoms with van der Waals surface area (Å²) < 4.78 is 12.6. The van der Waals surface area contributed by atoms with Crippen LogP contribution in [-0.4, -0.2) is 20.7 Å². The fraction of sp³-hybridized carbons (Fsp3) is 0.211. The Morgan fingerprint density at radius 3 is 2.52 bits per heavy atom. The van der Waals surface area contributed by atoms with Gasteiger partial charge in [-0.25, -0.2) is 0 Å². The topological polar surface area (TPSA) is 33.7 Å². The molecular formula is C38H34N2O2. The largest absolute Gasteiger partial charge is 0.492 e. The van der Waals surface area contributed by atoms with E-state index in [1.54, 1.807) is 6.26 Å². The first-order chi connectivity index (χ1) is 20.5. The van der Waals surface area contributed by atoms with Crippen LogP contribution >= 0.6 is 0 Å². The molecule has 4 nitrogen and oxygen atoms in total. The summed E-state index contributed by atoms with van der Waals surface area (Å²) in [6.45, 7) is 2.92. The highest BCUT2D eigenvalue weighted by Gasteiger charge is 2.37. The van der Waals surface area contributed by atoms with Gasteiger partial charge in [-0.3, -0.25) is 0 Å². The van der Waals surface area contributed by atoms with Crippen molar-refractivity contribution < 1.29 is 9.47 Å². The molecule has 2 unspecified atom stereocenters. The van der Waals surface area contributed by atoms with E-state index in [1.165, 1.54) is 54.7 Å². The fourth-order valence-electron chi connectivity index (χ4n) is 7.20. The molecule has 2 aliphatic heterocycles. The molecule has 8 rings (SSSR count). The van der Waals surface area contributed by atoms with Gasteiger partial charge in [-0.2, -0.15) is 0 Å². The zero-order valence-electron chi connectivity index (χ0n) is 24.3. The predicted molar refractivity (Wildman–Crippen MR) is 172 cm³/mol. The van der Waals surface area contributed by atoms with Crippen LogP contribution in [0.3, 0.4) is 0 Å². The predicted octanol–water partition coefficient (Wildman–Crippen LogP) is 5.91. The van der Waals surface area contributed by atoms with Crippen LogP contribution in [0.2, 0.25) is 0 Å². The maximum atomic E-state index is 6.54. The van der Waals surface area contributed by atoms with Gasteiger partial charge in [-0.1, -0.05) is 79.7 Å². The van der Waals surface area contributed by atoms with Crippen molar-refractivity contribution in [3.8, 4) is 5.75 Å². The summed E-state index contributed by atoms with van der Waals surface area (Å²) in [5, 5.41) is 8.37. The monoisotopic (exact) mass is 550 g/mol. The summed E-state index contributed by atoms with van der Waals surface area (Å²) in [6, 6.07) is 24.6. The van der Waals surface area contributed by atoms with Gasteiger partial charge in [-0.15, -0.1) is 0 Å². The lowest BCUT2D eigenvalue weighted by molar-refractivity contribution is 0.283. The summed E-state index contributed by atoms with van der Waals surface area (Å²) in [7, 11) is 4.18. The summed E-state index contributed by atoms with van der Waals surface area (Å²) in [6.07, 6.45) is 14.6. The minimum atomic E-state index is -0.299.